The van der Waals surface area contributed by atoms with Gasteiger partial charge in [-0.15, -0.1) is 12.3 Å². The van der Waals surface area contributed by atoms with Gasteiger partial charge in [0.1, 0.15) is 5.82 Å². The number of carbonyl (C=O) groups is 1. The smallest absolute Gasteiger partial charge is 0.220 e. The van der Waals surface area contributed by atoms with Crippen LogP contribution in [0.5, 0.6) is 0 Å². The number of aryl methyl sites for hydroxylation is 2. The van der Waals surface area contributed by atoms with Crippen LogP contribution in [-0.4, -0.2) is 21.1 Å². The summed E-state index contributed by atoms with van der Waals surface area (Å²) in [7, 11) is 1.96. The molecule has 1 aromatic heterocycles. The highest BCUT2D eigenvalue weighted by Crippen LogP contribution is 2.37. The third-order valence-corrected chi connectivity index (χ3v) is 4.38. The molecule has 1 amide bonds. The minimum absolute atomic E-state index is 0.0179. The number of hydrogen-bond donors (Lipinski definition) is 1. The quantitative estimate of drug-likeness (QED) is 0.796. The fraction of sp³-hybridized carbons (Fsp3) is 0.444. The molecule has 0 aliphatic carbocycles. The topological polar surface area (TPSA) is 71.6 Å². The Balaban J connectivity index is 1.53. The molecule has 6 heteroatoms. The van der Waals surface area contributed by atoms with Gasteiger partial charge in [0.05, 0.1) is 17.6 Å². The maximum absolute atomic E-state index is 12.1. The van der Waals surface area contributed by atoms with Gasteiger partial charge in [-0.3, -0.25) is 4.79 Å². The molecule has 3 rings (SSSR count). The highest BCUT2D eigenvalue weighted by molar-refractivity contribution is 5.78. The Bertz CT molecular complexity index is 837. The molecular weight excluding hydrogens is 302 g/mol. The molecule has 1 aliphatic rings. The van der Waals surface area contributed by atoms with Crippen LogP contribution in [0.2, 0.25) is 0 Å². The van der Waals surface area contributed by atoms with Crippen LogP contribution in [0.25, 0.3) is 11.0 Å². The molecular formula is C18H21N5O. The number of nitrogens with one attached hydrogen (secondary N) is 1. The number of amides is 1. The molecule has 0 saturated heterocycles. The first-order valence-corrected chi connectivity index (χ1v) is 8.09. The molecule has 6 nitrogen and oxygen atoms in total. The van der Waals surface area contributed by atoms with E-state index in [1.807, 2.05) is 30.7 Å². The summed E-state index contributed by atoms with van der Waals surface area (Å²) in [6.45, 7) is 2.45. The molecule has 1 N–H and O–H groups in total. The third-order valence-electron chi connectivity index (χ3n) is 4.38. The van der Waals surface area contributed by atoms with Crippen molar-refractivity contribution in [3.05, 3.63) is 29.6 Å². The van der Waals surface area contributed by atoms with Crippen LogP contribution in [0.1, 0.15) is 37.1 Å². The lowest BCUT2D eigenvalue weighted by Crippen LogP contribution is -2.26. The number of rotatable bonds is 7. The Morgan fingerprint density at radius 1 is 1.38 bits per heavy atom. The highest BCUT2D eigenvalue weighted by Gasteiger charge is 2.39. The number of nitrogens with zero attached hydrogens (tertiary/aromatic N) is 4. The zero-order valence-electron chi connectivity index (χ0n) is 14.0. The molecule has 2 aromatic rings. The van der Waals surface area contributed by atoms with Crippen molar-refractivity contribution in [2.45, 2.75) is 44.8 Å². The zero-order chi connectivity index (χ0) is 17.2. The van der Waals surface area contributed by atoms with Gasteiger partial charge in [0.25, 0.3) is 0 Å². The molecule has 1 aromatic carbocycles. The average Bonchev–Trinajstić information content (AvgIpc) is 3.28. The Morgan fingerprint density at radius 3 is 2.88 bits per heavy atom. The second-order valence-corrected chi connectivity index (χ2v) is 6.24. The Hall–Kier alpha value is -2.68. The monoisotopic (exact) mass is 323 g/mol. The van der Waals surface area contributed by atoms with Crippen LogP contribution in [0.3, 0.4) is 0 Å². The fourth-order valence-corrected chi connectivity index (χ4v) is 2.77. The van der Waals surface area contributed by atoms with Crippen LogP contribution < -0.4 is 5.32 Å². The fourth-order valence-electron chi connectivity index (χ4n) is 2.77. The molecule has 0 fully saturated rings. The molecule has 2 heterocycles. The van der Waals surface area contributed by atoms with Crippen LogP contribution in [0.15, 0.2) is 28.4 Å². The zero-order valence-corrected chi connectivity index (χ0v) is 14.0. The summed E-state index contributed by atoms with van der Waals surface area (Å²) in [5, 5.41) is 11.0. The second kappa shape index (κ2) is 6.44. The normalized spacial score (nSPS) is 14.5. The van der Waals surface area contributed by atoms with E-state index < -0.39 is 5.66 Å². The maximum atomic E-state index is 12.1. The highest BCUT2D eigenvalue weighted by atomic mass is 16.1. The van der Waals surface area contributed by atoms with E-state index in [1.54, 1.807) is 0 Å². The van der Waals surface area contributed by atoms with E-state index in [2.05, 4.69) is 32.5 Å². The molecule has 0 unspecified atom stereocenters. The first-order valence-electron chi connectivity index (χ1n) is 8.09. The summed E-state index contributed by atoms with van der Waals surface area (Å²) >= 11 is 0. The van der Waals surface area contributed by atoms with Crippen LogP contribution >= 0.6 is 0 Å². The standard InChI is InChI=1S/C18H21N5O/c1-4-5-9-18(21-22-18)10-8-17(24)19-12-16-20-14-11-13(2)6-7-15(14)23(16)3/h1,6-7,11H,5,8-10,12H2,2-3H3,(H,19,24). The van der Waals surface area contributed by atoms with E-state index in [4.69, 9.17) is 6.42 Å². The molecule has 0 bridgehead atoms. The number of terminal acetylenes is 1. The lowest BCUT2D eigenvalue weighted by Gasteiger charge is -2.09. The van der Waals surface area contributed by atoms with Crippen LogP contribution in [0, 0.1) is 19.3 Å². The number of fused-ring (bicyclic) bond motifs is 1. The van der Waals surface area contributed by atoms with E-state index in [0.29, 0.717) is 25.8 Å². The van der Waals surface area contributed by atoms with Crippen molar-refractivity contribution in [3.63, 3.8) is 0 Å². The van der Waals surface area contributed by atoms with Gasteiger partial charge in [0.2, 0.25) is 5.91 Å². The Morgan fingerprint density at radius 2 is 2.17 bits per heavy atom. The maximum Gasteiger partial charge on any atom is 0.220 e. The number of carbonyl (C=O) groups excluding carboxylic acids is 1. The van der Waals surface area contributed by atoms with Crippen LogP contribution in [-0.2, 0) is 18.4 Å². The van der Waals surface area contributed by atoms with Gasteiger partial charge in [0, 0.05) is 32.7 Å². The summed E-state index contributed by atoms with van der Waals surface area (Å²) in [6, 6.07) is 6.16. The molecule has 0 atom stereocenters. The van der Waals surface area contributed by atoms with Crippen LogP contribution in [0.4, 0.5) is 0 Å². The van der Waals surface area contributed by atoms with Crippen molar-refractivity contribution in [2.75, 3.05) is 0 Å². The van der Waals surface area contributed by atoms with E-state index in [9.17, 15) is 4.79 Å². The summed E-state index contributed by atoms with van der Waals surface area (Å²) in [5.41, 5.74) is 2.78. The number of aromatic nitrogens is 2. The van der Waals surface area contributed by atoms with Crippen molar-refractivity contribution < 1.29 is 4.79 Å². The molecule has 0 saturated carbocycles. The summed E-state index contributed by atoms with van der Waals surface area (Å²) < 4.78 is 2.01. The SMILES string of the molecule is C#CCCC1(CCC(=O)NCc2nc3cc(C)ccc3n2C)N=N1. The molecule has 0 spiro atoms. The predicted molar refractivity (Wildman–Crippen MR) is 92.2 cm³/mol. The summed E-state index contributed by atoms with van der Waals surface area (Å²) in [6.07, 6.45) is 7.62. The van der Waals surface area contributed by atoms with E-state index in [-0.39, 0.29) is 5.91 Å². The second-order valence-electron chi connectivity index (χ2n) is 6.24. The van der Waals surface area contributed by atoms with Gasteiger partial charge in [-0.05, 0) is 24.6 Å². The van der Waals surface area contributed by atoms with Gasteiger partial charge >= 0.3 is 0 Å². The van der Waals surface area contributed by atoms with Crippen molar-refractivity contribution in [3.8, 4) is 12.3 Å². The van der Waals surface area contributed by atoms with Gasteiger partial charge in [-0.2, -0.15) is 10.2 Å². The van der Waals surface area contributed by atoms with Gasteiger partial charge in [0.15, 0.2) is 5.66 Å². The average molecular weight is 323 g/mol. The lowest BCUT2D eigenvalue weighted by molar-refractivity contribution is -0.121. The van der Waals surface area contributed by atoms with E-state index >= 15 is 0 Å². The lowest BCUT2D eigenvalue weighted by atomic mass is 10.0. The number of imidazole rings is 1. The van der Waals surface area contributed by atoms with Gasteiger partial charge in [-0.1, -0.05) is 6.07 Å². The van der Waals surface area contributed by atoms with Crippen molar-refractivity contribution in [2.24, 2.45) is 17.3 Å². The number of hydrogen-bond acceptors (Lipinski definition) is 4. The van der Waals surface area contributed by atoms with Crippen molar-refractivity contribution >= 4 is 16.9 Å². The first-order chi connectivity index (χ1) is 11.5. The van der Waals surface area contributed by atoms with E-state index in [1.165, 1.54) is 5.56 Å². The minimum atomic E-state index is -0.404. The first kappa shape index (κ1) is 16.2. The Kier molecular flexibility index (Phi) is 4.34. The van der Waals surface area contributed by atoms with Gasteiger partial charge in [-0.25, -0.2) is 4.98 Å². The molecule has 24 heavy (non-hydrogen) atoms. The largest absolute Gasteiger partial charge is 0.349 e. The predicted octanol–water partition coefficient (Wildman–Crippen LogP) is 2.85. The van der Waals surface area contributed by atoms with E-state index in [0.717, 1.165) is 23.3 Å². The minimum Gasteiger partial charge on any atom is -0.349 e. The van der Waals surface area contributed by atoms with Gasteiger partial charge < -0.3 is 9.88 Å². The summed E-state index contributed by atoms with van der Waals surface area (Å²) in [4.78, 5) is 16.7. The van der Waals surface area contributed by atoms with Crippen molar-refractivity contribution in [1.82, 2.24) is 14.9 Å². The number of benzene rings is 1. The molecule has 1 aliphatic heterocycles. The Labute approximate surface area is 141 Å². The van der Waals surface area contributed by atoms with Crippen molar-refractivity contribution in [1.29, 1.82) is 0 Å². The molecule has 124 valence electrons. The summed E-state index contributed by atoms with van der Waals surface area (Å²) in [5.74, 6) is 3.41. The molecule has 0 radical (unpaired) electrons. The third kappa shape index (κ3) is 3.46.